The van der Waals surface area contributed by atoms with Crippen LogP contribution < -0.4 is 11.1 Å². The molecule has 0 aromatic heterocycles. The van der Waals surface area contributed by atoms with Crippen molar-refractivity contribution in [2.75, 3.05) is 5.75 Å². The standard InChI is InChI=1S/C16H24N2O2S/c1-2-21-14-8-5-12(10-14)18-16(20)15(17)9-11-3-6-13(19)7-4-11/h3-4,6-7,12,14-15,19H,2,5,8-10,17H2,1H3,(H,18,20). The third kappa shape index (κ3) is 4.93. The SMILES string of the molecule is CCSC1CCC(NC(=O)C(N)Cc2ccc(O)cc2)C1. The van der Waals surface area contributed by atoms with E-state index in [0.717, 1.165) is 24.2 Å². The normalized spacial score (nSPS) is 23.0. The molecule has 1 fully saturated rings. The molecule has 21 heavy (non-hydrogen) atoms. The van der Waals surface area contributed by atoms with Gasteiger partial charge in [0.2, 0.25) is 5.91 Å². The zero-order valence-electron chi connectivity index (χ0n) is 12.4. The van der Waals surface area contributed by atoms with Crippen molar-refractivity contribution in [1.29, 1.82) is 0 Å². The van der Waals surface area contributed by atoms with E-state index in [1.165, 1.54) is 6.42 Å². The molecule has 3 unspecified atom stereocenters. The largest absolute Gasteiger partial charge is 0.508 e. The van der Waals surface area contributed by atoms with Crippen LogP contribution in [0.25, 0.3) is 0 Å². The molecule has 0 radical (unpaired) electrons. The summed E-state index contributed by atoms with van der Waals surface area (Å²) in [5, 5.41) is 13.0. The first-order valence-electron chi connectivity index (χ1n) is 7.54. The molecule has 1 amide bonds. The van der Waals surface area contributed by atoms with Crippen molar-refractivity contribution in [2.45, 2.75) is 49.9 Å². The molecule has 4 nitrogen and oxygen atoms in total. The van der Waals surface area contributed by atoms with Gasteiger partial charge in [0.15, 0.2) is 0 Å². The minimum absolute atomic E-state index is 0.0739. The van der Waals surface area contributed by atoms with Gasteiger partial charge in [0.1, 0.15) is 5.75 Å². The topological polar surface area (TPSA) is 75.4 Å². The summed E-state index contributed by atoms with van der Waals surface area (Å²) in [6, 6.07) is 6.56. The van der Waals surface area contributed by atoms with Gasteiger partial charge in [0.25, 0.3) is 0 Å². The van der Waals surface area contributed by atoms with Gasteiger partial charge in [-0.15, -0.1) is 0 Å². The molecule has 1 aliphatic rings. The van der Waals surface area contributed by atoms with Crippen molar-refractivity contribution in [1.82, 2.24) is 5.32 Å². The second kappa shape index (κ2) is 7.71. The van der Waals surface area contributed by atoms with Crippen molar-refractivity contribution in [3.63, 3.8) is 0 Å². The predicted octanol–water partition coefficient (Wildman–Crippen LogP) is 2.05. The van der Waals surface area contributed by atoms with E-state index >= 15 is 0 Å². The summed E-state index contributed by atoms with van der Waals surface area (Å²) in [6.45, 7) is 2.17. The minimum Gasteiger partial charge on any atom is -0.508 e. The molecule has 0 spiro atoms. The molecule has 2 rings (SSSR count). The fourth-order valence-electron chi connectivity index (χ4n) is 2.75. The van der Waals surface area contributed by atoms with Crippen molar-refractivity contribution in [2.24, 2.45) is 5.73 Å². The Morgan fingerprint density at radius 2 is 2.14 bits per heavy atom. The molecule has 1 saturated carbocycles. The number of phenolic OH excluding ortho intramolecular Hbond substituents is 1. The second-order valence-corrected chi connectivity index (χ2v) is 7.15. The number of aromatic hydroxyl groups is 1. The Labute approximate surface area is 130 Å². The molecule has 4 N–H and O–H groups in total. The van der Waals surface area contributed by atoms with Gasteiger partial charge in [-0.25, -0.2) is 0 Å². The van der Waals surface area contributed by atoms with Crippen LogP contribution in [0.4, 0.5) is 0 Å². The van der Waals surface area contributed by atoms with Crippen LogP contribution in [0.1, 0.15) is 31.7 Å². The lowest BCUT2D eigenvalue weighted by atomic mass is 10.1. The van der Waals surface area contributed by atoms with Crippen LogP contribution in [0.2, 0.25) is 0 Å². The highest BCUT2D eigenvalue weighted by Gasteiger charge is 2.27. The number of thioether (sulfide) groups is 1. The number of carbonyl (C=O) groups is 1. The van der Waals surface area contributed by atoms with E-state index in [9.17, 15) is 9.90 Å². The van der Waals surface area contributed by atoms with Crippen molar-refractivity contribution < 1.29 is 9.90 Å². The Hall–Kier alpha value is -1.20. The smallest absolute Gasteiger partial charge is 0.237 e. The van der Waals surface area contributed by atoms with Crippen LogP contribution in [0.15, 0.2) is 24.3 Å². The quantitative estimate of drug-likeness (QED) is 0.752. The van der Waals surface area contributed by atoms with Crippen molar-refractivity contribution >= 4 is 17.7 Å². The van der Waals surface area contributed by atoms with E-state index in [-0.39, 0.29) is 17.7 Å². The number of nitrogens with one attached hydrogen (secondary N) is 1. The predicted molar refractivity (Wildman–Crippen MR) is 87.5 cm³/mol. The van der Waals surface area contributed by atoms with Gasteiger partial charge < -0.3 is 16.2 Å². The Morgan fingerprint density at radius 1 is 1.43 bits per heavy atom. The monoisotopic (exact) mass is 308 g/mol. The van der Waals surface area contributed by atoms with E-state index in [1.807, 2.05) is 11.8 Å². The van der Waals surface area contributed by atoms with E-state index in [1.54, 1.807) is 24.3 Å². The average molecular weight is 308 g/mol. The zero-order chi connectivity index (χ0) is 15.2. The lowest BCUT2D eigenvalue weighted by Crippen LogP contribution is -2.45. The highest BCUT2D eigenvalue weighted by Crippen LogP contribution is 2.29. The van der Waals surface area contributed by atoms with Gasteiger partial charge in [0, 0.05) is 11.3 Å². The molecular weight excluding hydrogens is 284 g/mol. The molecular formula is C16H24N2O2S. The molecule has 5 heteroatoms. The number of hydrogen-bond donors (Lipinski definition) is 3. The van der Waals surface area contributed by atoms with Crippen LogP contribution in [0, 0.1) is 0 Å². The highest BCUT2D eigenvalue weighted by molar-refractivity contribution is 7.99. The Bertz CT molecular complexity index is 464. The fraction of sp³-hybridized carbons (Fsp3) is 0.562. The van der Waals surface area contributed by atoms with E-state index in [0.29, 0.717) is 11.7 Å². The first-order valence-corrected chi connectivity index (χ1v) is 8.58. The van der Waals surface area contributed by atoms with Gasteiger partial charge in [-0.3, -0.25) is 4.79 Å². The number of hydrogen-bond acceptors (Lipinski definition) is 4. The van der Waals surface area contributed by atoms with Gasteiger partial charge in [-0.1, -0.05) is 19.1 Å². The molecule has 0 bridgehead atoms. The summed E-state index contributed by atoms with van der Waals surface area (Å²) in [4.78, 5) is 12.1. The maximum absolute atomic E-state index is 12.1. The number of nitrogens with two attached hydrogens (primary N) is 1. The first-order chi connectivity index (χ1) is 10.1. The fourth-order valence-corrected chi connectivity index (χ4v) is 3.89. The van der Waals surface area contributed by atoms with E-state index < -0.39 is 6.04 Å². The number of carbonyl (C=O) groups excluding carboxylic acids is 1. The minimum atomic E-state index is -0.535. The Kier molecular flexibility index (Phi) is 5.94. The third-order valence-electron chi connectivity index (χ3n) is 3.86. The lowest BCUT2D eigenvalue weighted by Gasteiger charge is -2.17. The van der Waals surface area contributed by atoms with Gasteiger partial charge in [0.05, 0.1) is 6.04 Å². The summed E-state index contributed by atoms with van der Waals surface area (Å²) in [6.07, 6.45) is 3.77. The summed E-state index contributed by atoms with van der Waals surface area (Å²) in [5.41, 5.74) is 6.94. The second-order valence-electron chi connectivity index (χ2n) is 5.57. The maximum Gasteiger partial charge on any atom is 0.237 e. The Morgan fingerprint density at radius 3 is 2.81 bits per heavy atom. The number of amides is 1. The van der Waals surface area contributed by atoms with E-state index in [2.05, 4.69) is 12.2 Å². The molecule has 0 saturated heterocycles. The van der Waals surface area contributed by atoms with E-state index in [4.69, 9.17) is 5.73 Å². The number of rotatable bonds is 6. The summed E-state index contributed by atoms with van der Waals surface area (Å²) in [5.74, 6) is 1.28. The molecule has 1 aromatic carbocycles. The summed E-state index contributed by atoms with van der Waals surface area (Å²) in [7, 11) is 0. The van der Waals surface area contributed by atoms with Crippen molar-refractivity contribution in [3.05, 3.63) is 29.8 Å². The van der Waals surface area contributed by atoms with Gasteiger partial charge in [-0.2, -0.15) is 11.8 Å². The van der Waals surface area contributed by atoms with Gasteiger partial charge in [-0.05, 0) is 49.1 Å². The van der Waals surface area contributed by atoms with Crippen LogP contribution in [0.5, 0.6) is 5.75 Å². The van der Waals surface area contributed by atoms with Crippen LogP contribution in [-0.4, -0.2) is 34.1 Å². The lowest BCUT2D eigenvalue weighted by molar-refractivity contribution is -0.123. The summed E-state index contributed by atoms with van der Waals surface area (Å²) >= 11 is 1.98. The number of benzene rings is 1. The average Bonchev–Trinajstić information content (AvgIpc) is 2.89. The first kappa shape index (κ1) is 16.2. The highest BCUT2D eigenvalue weighted by atomic mass is 32.2. The van der Waals surface area contributed by atoms with Crippen LogP contribution >= 0.6 is 11.8 Å². The van der Waals surface area contributed by atoms with Crippen LogP contribution in [-0.2, 0) is 11.2 Å². The van der Waals surface area contributed by atoms with Gasteiger partial charge >= 0.3 is 0 Å². The maximum atomic E-state index is 12.1. The molecule has 1 aromatic rings. The molecule has 0 aliphatic heterocycles. The molecule has 3 atom stereocenters. The number of phenols is 1. The van der Waals surface area contributed by atoms with Crippen LogP contribution in [0.3, 0.4) is 0 Å². The molecule has 1 aliphatic carbocycles. The summed E-state index contributed by atoms with van der Waals surface area (Å²) < 4.78 is 0. The third-order valence-corrected chi connectivity index (χ3v) is 5.09. The van der Waals surface area contributed by atoms with Crippen molar-refractivity contribution in [3.8, 4) is 5.75 Å². The molecule has 0 heterocycles. The molecule has 116 valence electrons. The Balaban J connectivity index is 1.79. The zero-order valence-corrected chi connectivity index (χ0v) is 13.2.